The molecule has 0 spiro atoms. The smallest absolute Gasteiger partial charge is 0.363 e. The first kappa shape index (κ1) is 29.4. The molecule has 1 saturated heterocycles. The summed E-state index contributed by atoms with van der Waals surface area (Å²) in [6.45, 7) is 1.48. The van der Waals surface area contributed by atoms with Crippen LogP contribution in [-0.2, 0) is 27.2 Å². The molecule has 1 aliphatic rings. The highest BCUT2D eigenvalue weighted by atomic mass is 32.2. The van der Waals surface area contributed by atoms with Gasteiger partial charge in [-0.05, 0) is 25.8 Å². The topological polar surface area (TPSA) is 106 Å². The van der Waals surface area contributed by atoms with Crippen molar-refractivity contribution in [2.75, 3.05) is 16.8 Å². The fourth-order valence-electron chi connectivity index (χ4n) is 4.49. The van der Waals surface area contributed by atoms with Crippen molar-refractivity contribution in [3.8, 4) is 0 Å². The summed E-state index contributed by atoms with van der Waals surface area (Å²) in [4.78, 5) is 32.4. The summed E-state index contributed by atoms with van der Waals surface area (Å²) in [7, 11) is -2.41. The van der Waals surface area contributed by atoms with Crippen molar-refractivity contribution < 1.29 is 39.7 Å². The van der Waals surface area contributed by atoms with E-state index in [1.54, 1.807) is 0 Å². The van der Waals surface area contributed by atoms with Crippen LogP contribution in [0.1, 0.15) is 48.9 Å². The minimum Gasteiger partial charge on any atom is -0.363 e. The highest BCUT2D eigenvalue weighted by Gasteiger charge is 2.44. The molecule has 3 heterocycles. The molecule has 0 unspecified atom stereocenters. The molecule has 16 heteroatoms. The third-order valence-corrected chi connectivity index (χ3v) is 8.91. The second kappa shape index (κ2) is 10.4. The lowest BCUT2D eigenvalue weighted by atomic mass is 9.90. The number of pyridine rings is 1. The van der Waals surface area contributed by atoms with Crippen LogP contribution in [0.25, 0.3) is 11.0 Å². The average Bonchev–Trinajstić information content (AvgIpc) is 2.87. The monoisotopic (exact) mass is 593 g/mol. The first-order valence-corrected chi connectivity index (χ1v) is 13.6. The third-order valence-electron chi connectivity index (χ3n) is 6.73. The molecule has 1 atom stereocenters. The number of amides is 1. The first-order valence-electron chi connectivity index (χ1n) is 11.8. The molecule has 0 bridgehead atoms. The Hall–Kier alpha value is -3.56. The number of aryl methyl sites for hydroxylation is 1. The highest BCUT2D eigenvalue weighted by molar-refractivity contribution is 7.93. The van der Waals surface area contributed by atoms with Gasteiger partial charge in [0.15, 0.2) is 0 Å². The summed E-state index contributed by atoms with van der Waals surface area (Å²) in [5.41, 5.74) is -4.51. The van der Waals surface area contributed by atoms with E-state index < -0.39 is 86.8 Å². The van der Waals surface area contributed by atoms with Crippen LogP contribution in [-0.4, -0.2) is 42.3 Å². The van der Waals surface area contributed by atoms with E-state index in [1.807, 2.05) is 0 Å². The minimum atomic E-state index is -5.33. The molecular weight excluding hydrogens is 571 g/mol. The number of nitrogens with one attached hydrogen (secondary N) is 1. The van der Waals surface area contributed by atoms with Crippen LogP contribution in [0.3, 0.4) is 0 Å². The van der Waals surface area contributed by atoms with E-state index in [0.29, 0.717) is 0 Å². The van der Waals surface area contributed by atoms with Gasteiger partial charge in [0.1, 0.15) is 29.3 Å². The van der Waals surface area contributed by atoms with Gasteiger partial charge in [-0.1, -0.05) is 18.2 Å². The van der Waals surface area contributed by atoms with Gasteiger partial charge in [-0.3, -0.25) is 14.2 Å². The Morgan fingerprint density at radius 3 is 2.40 bits per heavy atom. The maximum absolute atomic E-state index is 16.2. The summed E-state index contributed by atoms with van der Waals surface area (Å²) >= 11 is 0. The highest BCUT2D eigenvalue weighted by Crippen LogP contribution is 2.39. The Balaban J connectivity index is 1.72. The number of hydrogen-bond acceptors (Lipinski definition) is 6. The predicted octanol–water partition coefficient (Wildman–Crippen LogP) is 5.09. The Morgan fingerprint density at radius 1 is 1.18 bits per heavy atom. The van der Waals surface area contributed by atoms with Crippen molar-refractivity contribution >= 4 is 32.5 Å². The van der Waals surface area contributed by atoms with Crippen molar-refractivity contribution in [2.24, 2.45) is 11.4 Å². The Labute approximate surface area is 222 Å². The molecule has 3 aromatic rings. The van der Waals surface area contributed by atoms with E-state index in [2.05, 4.69) is 19.6 Å². The van der Waals surface area contributed by atoms with Crippen LogP contribution in [0.2, 0.25) is 0 Å². The Morgan fingerprint density at radius 2 is 1.80 bits per heavy atom. The molecule has 0 aliphatic carbocycles. The Kier molecular flexibility index (Phi) is 7.68. The summed E-state index contributed by atoms with van der Waals surface area (Å²) < 4.78 is 111. The van der Waals surface area contributed by atoms with E-state index in [9.17, 15) is 40.1 Å². The first-order chi connectivity index (χ1) is 18.6. The molecule has 1 amide bonds. The van der Waals surface area contributed by atoms with Crippen molar-refractivity contribution in [2.45, 2.75) is 44.1 Å². The zero-order chi connectivity index (χ0) is 29.6. The lowest BCUT2D eigenvalue weighted by Gasteiger charge is -2.31. The number of halogens is 7. The number of nitrogens with zero attached hydrogens (tertiary/aromatic N) is 4. The average molecular weight is 594 g/mol. The number of alkyl halides is 6. The predicted molar refractivity (Wildman–Crippen MR) is 132 cm³/mol. The van der Waals surface area contributed by atoms with Crippen molar-refractivity contribution in [3.63, 3.8) is 0 Å². The van der Waals surface area contributed by atoms with Gasteiger partial charge < -0.3 is 5.32 Å². The number of carbonyl (C=O) groups excluding carboxylic acids is 1. The lowest BCUT2D eigenvalue weighted by molar-refractivity contribution is -0.169. The quantitative estimate of drug-likeness (QED) is 0.413. The Bertz CT molecular complexity index is 1650. The molecule has 216 valence electrons. The molecule has 1 fully saturated rings. The molecular formula is C24H22F7N5O3S. The molecule has 4 rings (SSSR count). The number of rotatable bonds is 5. The van der Waals surface area contributed by atoms with E-state index >= 15 is 4.39 Å². The van der Waals surface area contributed by atoms with Crippen molar-refractivity contribution in [3.05, 3.63) is 63.5 Å². The summed E-state index contributed by atoms with van der Waals surface area (Å²) in [5.74, 6) is -5.01. The molecule has 0 radical (unpaired) electrons. The van der Waals surface area contributed by atoms with Gasteiger partial charge >= 0.3 is 12.1 Å². The zero-order valence-corrected chi connectivity index (χ0v) is 21.8. The van der Waals surface area contributed by atoms with Crippen LogP contribution >= 0.6 is 0 Å². The second-order valence-corrected chi connectivity index (χ2v) is 11.9. The molecule has 1 aromatic carbocycles. The van der Waals surface area contributed by atoms with E-state index in [0.717, 1.165) is 23.0 Å². The molecule has 1 aliphatic heterocycles. The van der Waals surface area contributed by atoms with Crippen LogP contribution in [0.15, 0.2) is 39.8 Å². The van der Waals surface area contributed by atoms with Crippen LogP contribution in [0.4, 0.5) is 36.6 Å². The maximum atomic E-state index is 16.2. The number of hydrogen-bond donors (Lipinski definition) is 1. The van der Waals surface area contributed by atoms with Gasteiger partial charge in [-0.2, -0.15) is 17.5 Å². The third kappa shape index (κ3) is 5.53. The van der Waals surface area contributed by atoms with E-state index in [4.69, 9.17) is 0 Å². The largest absolute Gasteiger partial charge is 0.474 e. The zero-order valence-electron chi connectivity index (χ0n) is 20.9. The number of fused-ring (bicyclic) bond motifs is 1. The normalized spacial score (nSPS) is 22.4. The lowest BCUT2D eigenvalue weighted by Crippen LogP contribution is -2.39. The van der Waals surface area contributed by atoms with Gasteiger partial charge in [0.2, 0.25) is 0 Å². The van der Waals surface area contributed by atoms with Crippen LogP contribution in [0.5, 0.6) is 0 Å². The number of anilines is 1. The fraction of sp³-hybridized carbons (Fsp3) is 0.417. The number of benzene rings is 1. The molecule has 1 N–H and O–H groups in total. The van der Waals surface area contributed by atoms with Crippen molar-refractivity contribution in [1.82, 2.24) is 14.5 Å². The van der Waals surface area contributed by atoms with E-state index in [-0.39, 0.29) is 22.4 Å². The summed E-state index contributed by atoms with van der Waals surface area (Å²) in [6.07, 6.45) is -8.59. The maximum Gasteiger partial charge on any atom is 0.474 e. The van der Waals surface area contributed by atoms with Crippen molar-refractivity contribution in [1.29, 1.82) is 0 Å². The van der Waals surface area contributed by atoms with Gasteiger partial charge in [0.05, 0.1) is 32.3 Å². The molecule has 40 heavy (non-hydrogen) atoms. The number of carbonyl (C=O) groups is 1. The van der Waals surface area contributed by atoms with Gasteiger partial charge in [0.25, 0.3) is 12.0 Å². The number of aromatic nitrogens is 3. The molecule has 2 aromatic heterocycles. The van der Waals surface area contributed by atoms with Crippen LogP contribution < -0.4 is 10.9 Å². The van der Waals surface area contributed by atoms with Gasteiger partial charge in [0, 0.05) is 24.1 Å². The summed E-state index contributed by atoms with van der Waals surface area (Å²) in [5, 5.41) is 2.98. The molecule has 0 saturated carbocycles. The van der Waals surface area contributed by atoms with Crippen LogP contribution in [0, 0.1) is 5.82 Å². The minimum absolute atomic E-state index is 0.0187. The van der Waals surface area contributed by atoms with Gasteiger partial charge in [-0.25, -0.2) is 31.7 Å². The van der Waals surface area contributed by atoms with Gasteiger partial charge in [-0.15, -0.1) is 0 Å². The molecule has 8 nitrogen and oxygen atoms in total. The fourth-order valence-corrected chi connectivity index (χ4v) is 6.57. The second-order valence-electron chi connectivity index (χ2n) is 9.34. The SMILES string of the molecule is C[C@@H](Nc1ncnc2c1cc(C1(F)CCS(=O)(=NC(=O)C(F)(F)F)CC1)c(=O)n2C)c1cccc(C(F)F)c1F. The van der Waals surface area contributed by atoms with E-state index in [1.165, 1.54) is 26.1 Å². The summed E-state index contributed by atoms with van der Waals surface area (Å²) in [6, 6.07) is 3.75. The standard InChI is InChI=1S/C24H22F7N5O3S/c1-12(13-4-3-5-14(17(13)25)18(26)27)34-19-15-10-16(21(37)36(2)20(15)33-11-32-19)23(28)6-8-40(39,9-7-23)35-22(38)24(29,30)31/h3-5,10-12,18H,6-9H2,1-2H3,(H,32,33,34)/t12-,23?,40?/m1/s1.